The lowest BCUT2D eigenvalue weighted by atomic mass is 9.92. The summed E-state index contributed by atoms with van der Waals surface area (Å²) in [6.45, 7) is 2.19. The molecule has 39 heavy (non-hydrogen) atoms. The fraction of sp³-hybridized carbons (Fsp3) is 0.950. The third kappa shape index (κ3) is 13.4. The van der Waals surface area contributed by atoms with Crippen LogP contribution in [0.25, 0.3) is 0 Å². The van der Waals surface area contributed by atoms with Crippen molar-refractivity contribution < 1.29 is 78.8 Å². The SMILES string of the molecule is CCCCCCCOC(O)C(OS(=O)(=O)O)C(O)C(CC(=O)O)OC1OC(COS(=O)(=O)O)C(O)C(O)C1C. The van der Waals surface area contributed by atoms with Crippen molar-refractivity contribution in [3.63, 3.8) is 0 Å². The van der Waals surface area contributed by atoms with Gasteiger partial charge < -0.3 is 39.7 Å². The maximum atomic E-state index is 11.5. The van der Waals surface area contributed by atoms with Gasteiger partial charge >= 0.3 is 26.8 Å². The van der Waals surface area contributed by atoms with Crippen LogP contribution in [0.4, 0.5) is 0 Å². The number of aliphatic carboxylic acids is 1. The van der Waals surface area contributed by atoms with Gasteiger partial charge in [0, 0.05) is 12.5 Å². The Hall–Kier alpha value is -1.07. The molecule has 1 saturated heterocycles. The second kappa shape index (κ2) is 16.4. The van der Waals surface area contributed by atoms with Crippen LogP contribution in [0.1, 0.15) is 52.4 Å². The van der Waals surface area contributed by atoms with Crippen LogP contribution in [0.2, 0.25) is 0 Å². The molecule has 17 nitrogen and oxygen atoms in total. The topological polar surface area (TPSA) is 273 Å². The molecule has 0 saturated carbocycles. The van der Waals surface area contributed by atoms with Gasteiger partial charge in [0.1, 0.15) is 18.3 Å². The van der Waals surface area contributed by atoms with Gasteiger partial charge in [-0.3, -0.25) is 13.9 Å². The predicted octanol–water partition coefficient (Wildman–Crippen LogP) is -1.40. The van der Waals surface area contributed by atoms with E-state index in [0.29, 0.717) is 12.8 Å². The number of hydrogen-bond acceptors (Lipinski definition) is 14. The Balaban J connectivity index is 3.10. The van der Waals surface area contributed by atoms with Crippen LogP contribution < -0.4 is 0 Å². The maximum absolute atomic E-state index is 11.5. The first-order valence-electron chi connectivity index (χ1n) is 12.1. The van der Waals surface area contributed by atoms with Crippen molar-refractivity contribution in [3.05, 3.63) is 0 Å². The van der Waals surface area contributed by atoms with Crippen molar-refractivity contribution >= 4 is 26.8 Å². The standard InChI is InChI=1S/C20H38O17S2/c1-3-4-5-6-7-8-33-19(26)18(37-39(30,31)32)17(25)12(9-14(21)22)35-20-11(2)15(23)16(24)13(36-20)10-34-38(27,28)29/h11-13,15-20,23-26H,3-10H2,1-2H3,(H,21,22)(H,27,28,29)(H,30,31,32). The van der Waals surface area contributed by atoms with E-state index in [1.165, 1.54) is 6.92 Å². The Morgan fingerprint density at radius 1 is 0.974 bits per heavy atom. The molecule has 0 amide bonds. The van der Waals surface area contributed by atoms with Crippen LogP contribution in [0.3, 0.4) is 0 Å². The van der Waals surface area contributed by atoms with Gasteiger partial charge in [-0.2, -0.15) is 16.8 Å². The minimum Gasteiger partial charge on any atom is -0.481 e. The second-order valence-corrected chi connectivity index (χ2v) is 11.2. The van der Waals surface area contributed by atoms with Crippen LogP contribution in [0, 0.1) is 5.92 Å². The Labute approximate surface area is 226 Å². The van der Waals surface area contributed by atoms with E-state index in [0.717, 1.165) is 19.3 Å². The molecule has 0 spiro atoms. The van der Waals surface area contributed by atoms with Gasteiger partial charge in [-0.15, -0.1) is 0 Å². The highest BCUT2D eigenvalue weighted by molar-refractivity contribution is 7.81. The van der Waals surface area contributed by atoms with Crippen LogP contribution in [-0.4, -0.2) is 120 Å². The zero-order chi connectivity index (χ0) is 30.0. The molecule has 0 radical (unpaired) electrons. The largest absolute Gasteiger partial charge is 0.481 e. The maximum Gasteiger partial charge on any atom is 0.397 e. The van der Waals surface area contributed by atoms with E-state index in [-0.39, 0.29) is 6.61 Å². The summed E-state index contributed by atoms with van der Waals surface area (Å²) in [5.74, 6) is -2.72. The third-order valence-corrected chi connectivity index (χ3v) is 6.74. The van der Waals surface area contributed by atoms with Crippen molar-refractivity contribution in [2.45, 2.75) is 102 Å². The van der Waals surface area contributed by atoms with E-state index in [2.05, 4.69) is 8.37 Å². The van der Waals surface area contributed by atoms with Gasteiger partial charge in [0.2, 0.25) is 0 Å². The molecule has 9 atom stereocenters. The molecule has 0 aromatic heterocycles. The van der Waals surface area contributed by atoms with E-state index < -0.39 is 94.9 Å². The Bertz CT molecular complexity index is 942. The molecule has 0 aliphatic carbocycles. The number of aliphatic hydroxyl groups excluding tert-OH is 4. The second-order valence-electron chi connectivity index (χ2n) is 9.02. The number of ether oxygens (including phenoxy) is 3. The van der Waals surface area contributed by atoms with Gasteiger partial charge in [-0.1, -0.05) is 39.5 Å². The normalized spacial score (nSPS) is 27.5. The fourth-order valence-electron chi connectivity index (χ4n) is 3.74. The summed E-state index contributed by atoms with van der Waals surface area (Å²) < 4.78 is 86.9. The summed E-state index contributed by atoms with van der Waals surface area (Å²) in [5.41, 5.74) is 0. The number of carbonyl (C=O) groups is 1. The summed E-state index contributed by atoms with van der Waals surface area (Å²) in [4.78, 5) is 11.5. The molecule has 1 heterocycles. The monoisotopic (exact) mass is 614 g/mol. The van der Waals surface area contributed by atoms with Crippen molar-refractivity contribution in [2.75, 3.05) is 13.2 Å². The average molecular weight is 615 g/mol. The van der Waals surface area contributed by atoms with E-state index >= 15 is 0 Å². The van der Waals surface area contributed by atoms with Gasteiger partial charge in [0.05, 0.1) is 25.2 Å². The summed E-state index contributed by atoms with van der Waals surface area (Å²) >= 11 is 0. The van der Waals surface area contributed by atoms with Gasteiger partial charge in [0.25, 0.3) is 0 Å². The molecule has 1 aliphatic rings. The first-order valence-corrected chi connectivity index (χ1v) is 14.8. The number of unbranched alkanes of at least 4 members (excludes halogenated alkanes) is 4. The third-order valence-electron chi connectivity index (χ3n) is 5.84. The number of carboxylic acid groups (broad SMARTS) is 1. The predicted molar refractivity (Wildman–Crippen MR) is 128 cm³/mol. The zero-order valence-corrected chi connectivity index (χ0v) is 23.0. The van der Waals surface area contributed by atoms with Crippen molar-refractivity contribution in [1.82, 2.24) is 0 Å². The summed E-state index contributed by atoms with van der Waals surface area (Å²) in [5, 5.41) is 50.9. The summed E-state index contributed by atoms with van der Waals surface area (Å²) in [6, 6.07) is 0. The van der Waals surface area contributed by atoms with E-state index in [1.807, 2.05) is 6.92 Å². The van der Waals surface area contributed by atoms with E-state index in [4.69, 9.17) is 23.3 Å². The number of carboxylic acids is 1. The Morgan fingerprint density at radius 2 is 1.59 bits per heavy atom. The summed E-state index contributed by atoms with van der Waals surface area (Å²) in [7, 11) is -10.3. The van der Waals surface area contributed by atoms with Crippen LogP contribution in [0.5, 0.6) is 0 Å². The molecular weight excluding hydrogens is 576 g/mol. The average Bonchev–Trinajstić information content (AvgIpc) is 2.81. The van der Waals surface area contributed by atoms with Crippen LogP contribution in [-0.2, 0) is 48.2 Å². The molecule has 0 bridgehead atoms. The zero-order valence-electron chi connectivity index (χ0n) is 21.4. The molecule has 19 heteroatoms. The molecular formula is C20H38O17S2. The molecule has 1 aliphatic heterocycles. The smallest absolute Gasteiger partial charge is 0.397 e. The lowest BCUT2D eigenvalue weighted by molar-refractivity contribution is -0.305. The first kappa shape index (κ1) is 36.0. The highest BCUT2D eigenvalue weighted by Crippen LogP contribution is 2.30. The van der Waals surface area contributed by atoms with Gasteiger partial charge in [-0.25, -0.2) is 8.37 Å². The Kier molecular flexibility index (Phi) is 15.1. The fourth-order valence-corrected chi connectivity index (χ4v) is 4.53. The van der Waals surface area contributed by atoms with E-state index in [1.54, 1.807) is 0 Å². The van der Waals surface area contributed by atoms with Crippen molar-refractivity contribution in [3.8, 4) is 0 Å². The molecule has 1 rings (SSSR count). The number of rotatable bonds is 19. The highest BCUT2D eigenvalue weighted by atomic mass is 32.3. The number of aliphatic hydroxyl groups is 4. The van der Waals surface area contributed by atoms with Crippen molar-refractivity contribution in [1.29, 1.82) is 0 Å². The molecule has 0 aromatic carbocycles. The van der Waals surface area contributed by atoms with Crippen LogP contribution in [0.15, 0.2) is 0 Å². The first-order chi connectivity index (χ1) is 18.0. The lowest BCUT2D eigenvalue weighted by Crippen LogP contribution is -2.58. The van der Waals surface area contributed by atoms with Crippen LogP contribution >= 0.6 is 0 Å². The lowest BCUT2D eigenvalue weighted by Gasteiger charge is -2.43. The molecule has 0 aromatic rings. The minimum absolute atomic E-state index is 0.102. The summed E-state index contributed by atoms with van der Waals surface area (Å²) in [6.07, 6.45) is -12.5. The Morgan fingerprint density at radius 3 is 2.13 bits per heavy atom. The quantitative estimate of drug-likeness (QED) is 0.0500. The molecule has 232 valence electrons. The highest BCUT2D eigenvalue weighted by Gasteiger charge is 2.47. The van der Waals surface area contributed by atoms with E-state index in [9.17, 15) is 47.2 Å². The molecule has 7 N–H and O–H groups in total. The van der Waals surface area contributed by atoms with Gasteiger partial charge in [-0.05, 0) is 6.42 Å². The molecule has 1 fully saturated rings. The minimum atomic E-state index is -5.31. The van der Waals surface area contributed by atoms with Gasteiger partial charge in [0.15, 0.2) is 18.7 Å². The number of hydrogen-bond donors (Lipinski definition) is 7. The van der Waals surface area contributed by atoms with Crippen molar-refractivity contribution in [2.24, 2.45) is 5.92 Å². The molecule has 9 unspecified atom stereocenters.